The largest absolute Gasteiger partial charge is 0.456 e. The molecule has 0 amide bonds. The van der Waals surface area contributed by atoms with Crippen LogP contribution in [-0.2, 0) is 16.2 Å². The molecule has 0 saturated heterocycles. The Bertz CT molecular complexity index is 3470. The third-order valence-corrected chi connectivity index (χ3v) is 21.0. The third kappa shape index (κ3) is 5.24. The summed E-state index contributed by atoms with van der Waals surface area (Å²) in [5, 5.41) is 3.09. The number of hydrogen-bond acceptors (Lipinski definition) is 2. The average Bonchev–Trinajstić information content (AvgIpc) is 3.73. The van der Waals surface area contributed by atoms with Crippen LogP contribution in [0.1, 0.15) is 72.2 Å². The van der Waals surface area contributed by atoms with Gasteiger partial charge in [0.2, 0.25) is 0 Å². The fourth-order valence-corrected chi connectivity index (χ4v) is 18.2. The molecular weight excluding hydrogens is 833 g/mol. The molecule has 4 aliphatic rings. The van der Waals surface area contributed by atoms with E-state index < -0.39 is 13.5 Å². The predicted octanol–water partition coefficient (Wildman–Crippen LogP) is 15.4. The zero-order valence-electron chi connectivity index (χ0n) is 38.3. The van der Waals surface area contributed by atoms with Gasteiger partial charge in [-0.25, -0.2) is 0 Å². The predicted molar refractivity (Wildman–Crippen MR) is 278 cm³/mol. The highest BCUT2D eigenvalue weighted by Gasteiger charge is 2.49. The van der Waals surface area contributed by atoms with E-state index in [0.717, 1.165) is 17.1 Å². The van der Waals surface area contributed by atoms with Crippen molar-refractivity contribution in [2.75, 3.05) is 0 Å². The summed E-state index contributed by atoms with van der Waals surface area (Å²) in [6.07, 6.45) is 0. The number of hydrogen-bond donors (Lipinski definition) is 0. The highest BCUT2D eigenvalue weighted by molar-refractivity contribution is 8.00. The molecule has 0 unspecified atom stereocenters. The van der Waals surface area contributed by atoms with E-state index in [1.165, 1.54) is 98.4 Å². The first-order chi connectivity index (χ1) is 32.0. The first-order valence-corrected chi connectivity index (χ1v) is 27.2. The van der Waals surface area contributed by atoms with E-state index in [-0.39, 0.29) is 10.8 Å². The van der Waals surface area contributed by atoms with Crippen molar-refractivity contribution in [1.29, 1.82) is 0 Å². The van der Waals surface area contributed by atoms with Crippen molar-refractivity contribution in [2.24, 2.45) is 0 Å². The number of para-hydroxylation sites is 1. The minimum atomic E-state index is -2.05. The Morgan fingerprint density at radius 2 is 0.955 bits per heavy atom. The molecule has 66 heavy (non-hydrogen) atoms. The average molecular weight is 883 g/mol. The van der Waals surface area contributed by atoms with Crippen LogP contribution in [0.3, 0.4) is 0 Å². The number of ether oxygens (including phenoxy) is 1. The Kier molecular flexibility index (Phi) is 8.38. The number of benzene rings is 9. The maximum absolute atomic E-state index is 7.18. The second-order valence-corrected chi connectivity index (χ2v) is 25.7. The van der Waals surface area contributed by atoms with Gasteiger partial charge in [-0.15, -0.1) is 0 Å². The van der Waals surface area contributed by atoms with Crippen molar-refractivity contribution in [3.63, 3.8) is 0 Å². The summed E-state index contributed by atoms with van der Waals surface area (Å²) in [5.74, 6) is 1.86. The second-order valence-electron chi connectivity index (χ2n) is 20.4. The molecule has 0 saturated carbocycles. The molecule has 3 heteroatoms. The van der Waals surface area contributed by atoms with Crippen LogP contribution in [0.5, 0.6) is 11.5 Å². The summed E-state index contributed by atoms with van der Waals surface area (Å²) >= 11 is 2.01. The zero-order valence-corrected chi connectivity index (χ0v) is 40.1. The normalized spacial score (nSPS) is 16.6. The smallest absolute Gasteiger partial charge is 0.140 e. The van der Waals surface area contributed by atoms with Gasteiger partial charge >= 0.3 is 0 Å². The van der Waals surface area contributed by atoms with Gasteiger partial charge in [0.15, 0.2) is 0 Å². The van der Waals surface area contributed by atoms with E-state index in [0.29, 0.717) is 0 Å². The summed E-state index contributed by atoms with van der Waals surface area (Å²) in [4.78, 5) is 2.89. The second kappa shape index (κ2) is 13.9. The van der Waals surface area contributed by atoms with Gasteiger partial charge in [-0.3, -0.25) is 0 Å². The Balaban J connectivity index is 0.937. The summed E-state index contributed by atoms with van der Waals surface area (Å²) in [7, 11) is -2.05. The maximum atomic E-state index is 7.18. The van der Waals surface area contributed by atoms with Gasteiger partial charge in [0.05, 0.1) is 5.41 Å². The highest BCUT2D eigenvalue weighted by Crippen LogP contribution is 2.62. The molecule has 2 heterocycles. The fourth-order valence-electron chi connectivity index (χ4n) is 12.5. The lowest BCUT2D eigenvalue weighted by molar-refractivity contribution is 0.435. The number of fused-ring (bicyclic) bond motifs is 12. The van der Waals surface area contributed by atoms with E-state index in [9.17, 15) is 0 Å². The lowest BCUT2D eigenvalue weighted by Crippen LogP contribution is -2.56. The van der Waals surface area contributed by atoms with Crippen molar-refractivity contribution in [3.05, 3.63) is 239 Å². The molecule has 1 nitrogen and oxygen atoms in total. The van der Waals surface area contributed by atoms with Crippen LogP contribution < -0.4 is 15.1 Å². The van der Waals surface area contributed by atoms with Gasteiger partial charge < -0.3 is 4.74 Å². The third-order valence-electron chi connectivity index (χ3n) is 15.9. The molecule has 318 valence electrons. The first kappa shape index (κ1) is 39.7. The number of rotatable bonds is 4. The minimum Gasteiger partial charge on any atom is -0.456 e. The lowest BCUT2D eigenvalue weighted by atomic mass is 9.63. The van der Waals surface area contributed by atoms with Crippen LogP contribution in [-0.4, -0.2) is 8.07 Å². The summed E-state index contributed by atoms with van der Waals surface area (Å²) in [6.45, 7) is 14.7. The van der Waals surface area contributed by atoms with E-state index in [4.69, 9.17) is 4.74 Å². The van der Waals surface area contributed by atoms with E-state index in [1.807, 2.05) is 11.8 Å². The molecule has 0 N–H and O–H groups in total. The molecule has 9 aromatic carbocycles. The monoisotopic (exact) mass is 882 g/mol. The molecule has 0 atom stereocenters. The van der Waals surface area contributed by atoms with Gasteiger partial charge in [-0.05, 0) is 101 Å². The van der Waals surface area contributed by atoms with Crippen molar-refractivity contribution < 1.29 is 4.74 Å². The molecule has 9 aromatic rings. The highest BCUT2D eigenvalue weighted by atomic mass is 32.2. The lowest BCUT2D eigenvalue weighted by Gasteiger charge is -2.42. The summed E-state index contributed by atoms with van der Waals surface area (Å²) in [6, 6.07) is 73.0. The van der Waals surface area contributed by atoms with Crippen LogP contribution in [0.4, 0.5) is 0 Å². The van der Waals surface area contributed by atoms with Gasteiger partial charge in [0.25, 0.3) is 0 Å². The van der Waals surface area contributed by atoms with E-state index in [2.05, 4.69) is 235 Å². The Hall–Kier alpha value is -6.65. The quantitative estimate of drug-likeness (QED) is 0.163. The van der Waals surface area contributed by atoms with Crippen molar-refractivity contribution in [2.45, 2.75) is 66.8 Å². The van der Waals surface area contributed by atoms with Crippen LogP contribution >= 0.6 is 11.8 Å². The fraction of sp³-hybridized carbons (Fsp3) is 0.143. The molecule has 0 bridgehead atoms. The van der Waals surface area contributed by atoms with Crippen LogP contribution in [0, 0.1) is 0 Å². The molecule has 2 aliphatic heterocycles. The standard InChI is InChI=1S/C63H50OSSi/c1-61(2)47-27-14-13-25-45(47)57-50(61)35-36-55-60(57)65-59-44(26-18-30-54(59)66(55,5)6)41-20-17-19-39(37-41)40-31-32-46-52(38-40)62(3,4)49-33-34-51-58(56(46)49)64-53-29-16-15-28-48(53)63(51,42-21-9-7-10-22-42)43-23-11-8-12-24-43/h7-38H,1-6H3. The van der Waals surface area contributed by atoms with Crippen molar-refractivity contribution >= 4 is 30.2 Å². The van der Waals surface area contributed by atoms with Gasteiger partial charge in [0.1, 0.15) is 19.6 Å². The Morgan fingerprint density at radius 3 is 1.73 bits per heavy atom. The minimum absolute atomic E-state index is 0.0279. The summed E-state index contributed by atoms with van der Waals surface area (Å²) < 4.78 is 7.18. The zero-order chi connectivity index (χ0) is 44.7. The van der Waals surface area contributed by atoms with Crippen molar-refractivity contribution in [3.8, 4) is 56.0 Å². The molecule has 2 aliphatic carbocycles. The summed E-state index contributed by atoms with van der Waals surface area (Å²) in [5.41, 5.74) is 19.8. The molecule has 0 fully saturated rings. The topological polar surface area (TPSA) is 9.23 Å². The molecule has 0 radical (unpaired) electrons. The van der Waals surface area contributed by atoms with Crippen LogP contribution in [0.15, 0.2) is 204 Å². The van der Waals surface area contributed by atoms with Crippen LogP contribution in [0.25, 0.3) is 44.5 Å². The van der Waals surface area contributed by atoms with Gasteiger partial charge in [-0.2, -0.15) is 0 Å². The molecular formula is C63H50OSSi. The maximum Gasteiger partial charge on any atom is 0.140 e. The van der Waals surface area contributed by atoms with Crippen molar-refractivity contribution in [1.82, 2.24) is 0 Å². The Morgan fingerprint density at radius 1 is 0.394 bits per heavy atom. The molecule has 13 rings (SSSR count). The molecule has 0 aromatic heterocycles. The van der Waals surface area contributed by atoms with E-state index in [1.54, 1.807) is 5.19 Å². The van der Waals surface area contributed by atoms with Gasteiger partial charge in [-0.1, -0.05) is 228 Å². The molecule has 0 spiro atoms. The van der Waals surface area contributed by atoms with E-state index >= 15 is 0 Å². The van der Waals surface area contributed by atoms with Gasteiger partial charge in [0, 0.05) is 37.3 Å². The Labute approximate surface area is 394 Å². The van der Waals surface area contributed by atoms with Crippen LogP contribution in [0.2, 0.25) is 13.1 Å². The first-order valence-electron chi connectivity index (χ1n) is 23.4. The SMILES string of the molecule is CC1(C)c2cc(-c3cccc(-c4cccc5c4Sc4c(ccc6c4-c4ccccc4C6(C)C)[Si]5(C)C)c3)ccc2-c2c1ccc1c2Oc2ccccc2C1(c1ccccc1)c1ccccc1.